The number of hydrogen-bond donors (Lipinski definition) is 2. The number of nitrogen functional groups attached to an aromatic ring is 2. The highest BCUT2D eigenvalue weighted by Gasteiger charge is 2.33. The van der Waals surface area contributed by atoms with Crippen molar-refractivity contribution in [2.24, 2.45) is 11.8 Å². The molecule has 0 amide bonds. The Morgan fingerprint density at radius 2 is 1.68 bits per heavy atom. The molecule has 104 valence electrons. The largest absolute Gasteiger partial charge is 0.397 e. The summed E-state index contributed by atoms with van der Waals surface area (Å²) in [6.45, 7) is 4.71. The zero-order valence-electron chi connectivity index (χ0n) is 11.7. The van der Waals surface area contributed by atoms with Gasteiger partial charge in [0.2, 0.25) is 0 Å². The van der Waals surface area contributed by atoms with Crippen LogP contribution in [0.15, 0.2) is 18.2 Å². The van der Waals surface area contributed by atoms with Crippen LogP contribution in [0.25, 0.3) is 0 Å². The molecule has 0 bridgehead atoms. The van der Waals surface area contributed by atoms with Gasteiger partial charge in [-0.25, -0.2) is 0 Å². The number of likely N-dealkylation sites (tertiary alicyclic amines) is 1. The SMILES string of the molecule is CN1CC2CCN(c3cccc(N)c3N)CCC2C1. The smallest absolute Gasteiger partial charge is 0.0785 e. The third-order valence-electron chi connectivity index (χ3n) is 4.76. The maximum absolute atomic E-state index is 6.13. The molecule has 4 heteroatoms. The first kappa shape index (κ1) is 12.6. The van der Waals surface area contributed by atoms with Crippen molar-refractivity contribution in [2.45, 2.75) is 12.8 Å². The molecular formula is C15H24N4. The molecule has 4 nitrogen and oxygen atoms in total. The van der Waals surface area contributed by atoms with Gasteiger partial charge in [0.1, 0.15) is 0 Å². The molecule has 2 heterocycles. The van der Waals surface area contributed by atoms with Gasteiger partial charge in [0, 0.05) is 26.2 Å². The third kappa shape index (κ3) is 2.37. The molecule has 1 aromatic rings. The molecule has 0 spiro atoms. The van der Waals surface area contributed by atoms with E-state index in [1.165, 1.54) is 25.9 Å². The number of rotatable bonds is 1. The van der Waals surface area contributed by atoms with Crippen LogP contribution in [0.2, 0.25) is 0 Å². The fourth-order valence-electron chi connectivity index (χ4n) is 3.67. The van der Waals surface area contributed by atoms with Crippen molar-refractivity contribution in [3.05, 3.63) is 18.2 Å². The van der Waals surface area contributed by atoms with Crippen molar-refractivity contribution in [3.8, 4) is 0 Å². The topological polar surface area (TPSA) is 58.5 Å². The Bertz CT molecular complexity index is 443. The minimum atomic E-state index is 0.696. The predicted octanol–water partition coefficient (Wildman–Crippen LogP) is 1.63. The lowest BCUT2D eigenvalue weighted by atomic mass is 9.92. The first-order valence-corrected chi connectivity index (χ1v) is 7.22. The lowest BCUT2D eigenvalue weighted by Crippen LogP contribution is -2.27. The van der Waals surface area contributed by atoms with E-state index in [-0.39, 0.29) is 0 Å². The molecule has 0 saturated carbocycles. The van der Waals surface area contributed by atoms with Gasteiger partial charge in [0.15, 0.2) is 0 Å². The van der Waals surface area contributed by atoms with Crippen LogP contribution in [0, 0.1) is 11.8 Å². The Morgan fingerprint density at radius 1 is 1.05 bits per heavy atom. The van der Waals surface area contributed by atoms with Crippen LogP contribution in [0.3, 0.4) is 0 Å². The molecule has 0 aromatic heterocycles. The van der Waals surface area contributed by atoms with E-state index in [9.17, 15) is 0 Å². The summed E-state index contributed by atoms with van der Waals surface area (Å²) in [6.07, 6.45) is 2.53. The molecule has 2 unspecified atom stereocenters. The molecule has 2 aliphatic heterocycles. The Hall–Kier alpha value is -1.42. The van der Waals surface area contributed by atoms with Crippen LogP contribution in [0.1, 0.15) is 12.8 Å². The van der Waals surface area contributed by atoms with E-state index in [1.54, 1.807) is 0 Å². The zero-order valence-corrected chi connectivity index (χ0v) is 11.7. The summed E-state index contributed by atoms with van der Waals surface area (Å²) in [5.74, 6) is 1.72. The summed E-state index contributed by atoms with van der Waals surface area (Å²) in [6, 6.07) is 5.97. The van der Waals surface area contributed by atoms with Crippen LogP contribution in [0.5, 0.6) is 0 Å². The Labute approximate surface area is 115 Å². The summed E-state index contributed by atoms with van der Waals surface area (Å²) in [5.41, 5.74) is 14.6. The fourth-order valence-corrected chi connectivity index (χ4v) is 3.67. The number of hydrogen-bond acceptors (Lipinski definition) is 4. The third-order valence-corrected chi connectivity index (χ3v) is 4.76. The van der Waals surface area contributed by atoms with Crippen molar-refractivity contribution in [1.82, 2.24) is 4.90 Å². The van der Waals surface area contributed by atoms with Crippen molar-refractivity contribution >= 4 is 17.1 Å². The first-order chi connectivity index (χ1) is 9.15. The zero-order chi connectivity index (χ0) is 13.4. The van der Waals surface area contributed by atoms with Crippen molar-refractivity contribution < 1.29 is 0 Å². The van der Waals surface area contributed by atoms with Gasteiger partial charge >= 0.3 is 0 Å². The number of fused-ring (bicyclic) bond motifs is 1. The van der Waals surface area contributed by atoms with Gasteiger partial charge in [-0.15, -0.1) is 0 Å². The molecular weight excluding hydrogens is 236 g/mol. The van der Waals surface area contributed by atoms with Crippen molar-refractivity contribution in [1.29, 1.82) is 0 Å². The van der Waals surface area contributed by atoms with E-state index in [0.717, 1.165) is 36.3 Å². The minimum Gasteiger partial charge on any atom is -0.397 e. The highest BCUT2D eigenvalue weighted by atomic mass is 15.2. The molecule has 2 fully saturated rings. The number of para-hydroxylation sites is 1. The monoisotopic (exact) mass is 260 g/mol. The highest BCUT2D eigenvalue weighted by molar-refractivity contribution is 5.79. The summed E-state index contributed by atoms with van der Waals surface area (Å²) in [5, 5.41) is 0. The Balaban J connectivity index is 1.76. The first-order valence-electron chi connectivity index (χ1n) is 7.22. The molecule has 4 N–H and O–H groups in total. The predicted molar refractivity (Wildman–Crippen MR) is 81.2 cm³/mol. The molecule has 19 heavy (non-hydrogen) atoms. The quantitative estimate of drug-likeness (QED) is 0.754. The Morgan fingerprint density at radius 3 is 2.32 bits per heavy atom. The second-order valence-electron chi connectivity index (χ2n) is 6.09. The van der Waals surface area contributed by atoms with Crippen LogP contribution in [0.4, 0.5) is 17.1 Å². The summed E-state index contributed by atoms with van der Waals surface area (Å²) in [4.78, 5) is 4.89. The number of nitrogens with two attached hydrogens (primary N) is 2. The fraction of sp³-hybridized carbons (Fsp3) is 0.600. The van der Waals surface area contributed by atoms with Crippen molar-refractivity contribution in [2.75, 3.05) is 49.6 Å². The molecule has 0 aliphatic carbocycles. The van der Waals surface area contributed by atoms with Gasteiger partial charge in [0.05, 0.1) is 17.1 Å². The van der Waals surface area contributed by atoms with Gasteiger partial charge in [-0.1, -0.05) is 6.07 Å². The lowest BCUT2D eigenvalue weighted by Gasteiger charge is -2.25. The van der Waals surface area contributed by atoms with E-state index in [2.05, 4.69) is 22.9 Å². The average molecular weight is 260 g/mol. The molecule has 0 radical (unpaired) electrons. The Kier molecular flexibility index (Phi) is 3.27. The molecule has 2 aliphatic rings. The maximum atomic E-state index is 6.13. The van der Waals surface area contributed by atoms with Gasteiger partial charge in [0.25, 0.3) is 0 Å². The summed E-state index contributed by atoms with van der Waals surface area (Å²) >= 11 is 0. The van der Waals surface area contributed by atoms with E-state index < -0.39 is 0 Å². The number of nitrogens with zero attached hydrogens (tertiary/aromatic N) is 2. The van der Waals surface area contributed by atoms with Gasteiger partial charge in [-0.3, -0.25) is 0 Å². The summed E-state index contributed by atoms with van der Waals surface area (Å²) in [7, 11) is 2.24. The molecule has 2 atom stereocenters. The average Bonchev–Trinajstić information content (AvgIpc) is 2.63. The second-order valence-corrected chi connectivity index (χ2v) is 6.09. The standard InChI is InChI=1S/C15H24N4/c1-18-9-11-5-7-19(8-6-12(11)10-18)14-4-2-3-13(16)15(14)17/h2-4,11-12H,5-10,16-17H2,1H3. The molecule has 2 saturated heterocycles. The van der Waals surface area contributed by atoms with E-state index in [4.69, 9.17) is 11.5 Å². The van der Waals surface area contributed by atoms with Crippen LogP contribution in [-0.4, -0.2) is 38.1 Å². The molecule has 3 rings (SSSR count). The summed E-state index contributed by atoms with van der Waals surface area (Å²) < 4.78 is 0. The lowest BCUT2D eigenvalue weighted by molar-refractivity contribution is 0.387. The molecule has 1 aromatic carbocycles. The van der Waals surface area contributed by atoms with Gasteiger partial charge in [-0.05, 0) is 43.9 Å². The number of anilines is 3. The highest BCUT2D eigenvalue weighted by Crippen LogP contribution is 2.35. The van der Waals surface area contributed by atoms with E-state index >= 15 is 0 Å². The number of benzene rings is 1. The van der Waals surface area contributed by atoms with E-state index in [0.29, 0.717) is 5.69 Å². The van der Waals surface area contributed by atoms with Gasteiger partial charge < -0.3 is 21.3 Å². The second kappa shape index (κ2) is 4.93. The van der Waals surface area contributed by atoms with Crippen LogP contribution < -0.4 is 16.4 Å². The van der Waals surface area contributed by atoms with Crippen LogP contribution in [-0.2, 0) is 0 Å². The minimum absolute atomic E-state index is 0.696. The maximum Gasteiger partial charge on any atom is 0.0785 e. The van der Waals surface area contributed by atoms with Crippen molar-refractivity contribution in [3.63, 3.8) is 0 Å². The van der Waals surface area contributed by atoms with Crippen LogP contribution >= 0.6 is 0 Å². The van der Waals surface area contributed by atoms with E-state index in [1.807, 2.05) is 12.1 Å². The normalized spacial score (nSPS) is 28.2. The van der Waals surface area contributed by atoms with Gasteiger partial charge in [-0.2, -0.15) is 0 Å².